The fraction of sp³-hybridized carbons (Fsp3) is 0.263. The maximum Gasteiger partial charge on any atom is 0.269 e. The molecule has 1 aliphatic heterocycles. The topological polar surface area (TPSA) is 95.6 Å². The van der Waals surface area contributed by atoms with Gasteiger partial charge in [0.15, 0.2) is 0 Å². The number of rotatable bonds is 4. The summed E-state index contributed by atoms with van der Waals surface area (Å²) in [6, 6.07) is 11.4. The third-order valence-corrected chi connectivity index (χ3v) is 5.97. The van der Waals surface area contributed by atoms with Crippen molar-refractivity contribution in [2.45, 2.75) is 25.8 Å². The first kappa shape index (κ1) is 20.2. The van der Waals surface area contributed by atoms with Crippen molar-refractivity contribution in [1.29, 1.82) is 0 Å². The van der Waals surface area contributed by atoms with Crippen molar-refractivity contribution in [2.75, 3.05) is 10.6 Å². The van der Waals surface area contributed by atoms with Crippen LogP contribution < -0.4 is 15.2 Å². The van der Waals surface area contributed by atoms with Crippen molar-refractivity contribution in [3.05, 3.63) is 64.2 Å². The van der Waals surface area contributed by atoms with E-state index < -0.39 is 15.9 Å². The van der Waals surface area contributed by atoms with Crippen LogP contribution in [0, 0.1) is 0 Å². The minimum Gasteiger partial charge on any atom is -0.273 e. The van der Waals surface area contributed by atoms with Crippen LogP contribution in [0.3, 0.4) is 0 Å². The third-order valence-electron chi connectivity index (χ3n) is 4.45. The second kappa shape index (κ2) is 7.81. The number of nitrogens with one attached hydrogen (secondary N) is 2. The van der Waals surface area contributed by atoms with Gasteiger partial charge in [-0.3, -0.25) is 24.7 Å². The minimum atomic E-state index is -3.38. The van der Waals surface area contributed by atoms with Crippen molar-refractivity contribution in [3.8, 4) is 0 Å². The highest BCUT2D eigenvalue weighted by atomic mass is 35.5. The normalized spacial score (nSPS) is 15.8. The molecule has 9 heteroatoms. The molecule has 28 heavy (non-hydrogen) atoms. The molecule has 0 aliphatic carbocycles. The molecule has 0 radical (unpaired) electrons. The average molecular weight is 422 g/mol. The van der Waals surface area contributed by atoms with Gasteiger partial charge in [-0.1, -0.05) is 23.7 Å². The van der Waals surface area contributed by atoms with Gasteiger partial charge in [0.05, 0.1) is 18.4 Å². The lowest BCUT2D eigenvalue weighted by molar-refractivity contribution is -0.121. The van der Waals surface area contributed by atoms with E-state index in [1.165, 1.54) is 10.4 Å². The Morgan fingerprint density at radius 2 is 1.82 bits per heavy atom. The number of hydrogen-bond donors (Lipinski definition) is 2. The summed E-state index contributed by atoms with van der Waals surface area (Å²) in [5, 5.41) is 0.581. The van der Waals surface area contributed by atoms with Gasteiger partial charge in [0.2, 0.25) is 15.9 Å². The first-order valence-electron chi connectivity index (χ1n) is 8.61. The number of halogens is 1. The van der Waals surface area contributed by atoms with E-state index in [1.807, 2.05) is 6.92 Å². The summed E-state index contributed by atoms with van der Waals surface area (Å²) >= 11 is 5.81. The summed E-state index contributed by atoms with van der Waals surface area (Å²) < 4.78 is 25.3. The lowest BCUT2D eigenvalue weighted by Gasteiger charge is -2.21. The lowest BCUT2D eigenvalue weighted by atomic mass is 10.1. The summed E-state index contributed by atoms with van der Waals surface area (Å²) in [7, 11) is -3.38. The van der Waals surface area contributed by atoms with E-state index in [4.69, 9.17) is 11.6 Å². The van der Waals surface area contributed by atoms with Crippen LogP contribution in [0.1, 0.15) is 28.4 Å². The van der Waals surface area contributed by atoms with Gasteiger partial charge < -0.3 is 0 Å². The largest absolute Gasteiger partial charge is 0.273 e. The molecular weight excluding hydrogens is 402 g/mol. The Kier molecular flexibility index (Phi) is 5.62. The molecule has 7 nitrogen and oxygen atoms in total. The highest BCUT2D eigenvalue weighted by Crippen LogP contribution is 2.34. The highest BCUT2D eigenvalue weighted by Gasteiger charge is 2.32. The number of anilines is 1. The van der Waals surface area contributed by atoms with E-state index in [9.17, 15) is 18.0 Å². The van der Waals surface area contributed by atoms with Crippen LogP contribution in [0.4, 0.5) is 5.69 Å². The second-order valence-corrected chi connectivity index (χ2v) is 9.06. The van der Waals surface area contributed by atoms with Crippen molar-refractivity contribution in [2.24, 2.45) is 0 Å². The van der Waals surface area contributed by atoms with E-state index in [2.05, 4.69) is 10.9 Å². The monoisotopic (exact) mass is 421 g/mol. The molecule has 1 unspecified atom stereocenters. The van der Waals surface area contributed by atoms with Gasteiger partial charge in [-0.25, -0.2) is 8.42 Å². The zero-order chi connectivity index (χ0) is 20.5. The molecule has 1 atom stereocenters. The minimum absolute atomic E-state index is 0.0997. The Morgan fingerprint density at radius 3 is 2.46 bits per heavy atom. The van der Waals surface area contributed by atoms with Crippen LogP contribution in [0.5, 0.6) is 0 Å². The third kappa shape index (κ3) is 4.45. The van der Waals surface area contributed by atoms with E-state index in [-0.39, 0.29) is 18.4 Å². The summed E-state index contributed by atoms with van der Waals surface area (Å²) in [5.41, 5.74) is 7.22. The van der Waals surface area contributed by atoms with Gasteiger partial charge in [0, 0.05) is 16.6 Å². The van der Waals surface area contributed by atoms with E-state index in [0.717, 1.165) is 17.4 Å². The molecule has 0 spiro atoms. The maximum atomic E-state index is 12.3. The first-order valence-corrected chi connectivity index (χ1v) is 10.8. The first-order chi connectivity index (χ1) is 13.1. The Bertz CT molecular complexity index is 1020. The number of hydrazine groups is 1. The zero-order valence-electron chi connectivity index (χ0n) is 15.4. The number of carbonyl (C=O) groups is 2. The Hall–Kier alpha value is -2.58. The average Bonchev–Trinajstić information content (AvgIpc) is 2.96. The number of amides is 2. The Labute approximate surface area is 168 Å². The van der Waals surface area contributed by atoms with Gasteiger partial charge in [-0.2, -0.15) is 0 Å². The quantitative estimate of drug-likeness (QED) is 0.738. The van der Waals surface area contributed by atoms with Crippen LogP contribution in [0.25, 0.3) is 0 Å². The standard InChI is InChI=1S/C19H20ClN3O4S/c1-12-9-15-11-14(5-8-17(15)23(12)28(2,26)27)19(25)22-21-18(24)10-13-3-6-16(20)7-4-13/h3-8,11-12H,9-10H2,1-2H3,(H,21,24)(H,22,25). The SMILES string of the molecule is CC1Cc2cc(C(=O)NNC(=O)Cc3ccc(Cl)cc3)ccc2N1S(C)(=O)=O. The number of benzene rings is 2. The molecule has 3 rings (SSSR count). The van der Waals surface area contributed by atoms with E-state index in [1.54, 1.807) is 36.4 Å². The molecule has 1 aliphatic rings. The molecular formula is C19H20ClN3O4S. The van der Waals surface area contributed by atoms with Crippen LogP contribution in [0.2, 0.25) is 5.02 Å². The summed E-state index contributed by atoms with van der Waals surface area (Å²) in [6.45, 7) is 1.82. The summed E-state index contributed by atoms with van der Waals surface area (Å²) in [5.74, 6) is -0.841. The molecule has 2 N–H and O–H groups in total. The predicted octanol–water partition coefficient (Wildman–Crippen LogP) is 2.05. The molecule has 2 aromatic rings. The number of hydrogen-bond acceptors (Lipinski definition) is 4. The van der Waals surface area contributed by atoms with Gasteiger partial charge in [0.1, 0.15) is 0 Å². The fourth-order valence-electron chi connectivity index (χ4n) is 3.28. The molecule has 148 valence electrons. The summed E-state index contributed by atoms with van der Waals surface area (Å²) in [4.78, 5) is 24.3. The zero-order valence-corrected chi connectivity index (χ0v) is 17.0. The number of nitrogens with zero attached hydrogens (tertiary/aromatic N) is 1. The molecule has 0 aromatic heterocycles. The van der Waals surface area contributed by atoms with Crippen LogP contribution in [-0.4, -0.2) is 32.5 Å². The van der Waals surface area contributed by atoms with Crippen molar-refractivity contribution < 1.29 is 18.0 Å². The molecule has 0 saturated carbocycles. The number of fused-ring (bicyclic) bond motifs is 1. The van der Waals surface area contributed by atoms with Gasteiger partial charge in [0.25, 0.3) is 5.91 Å². The number of sulfonamides is 1. The van der Waals surface area contributed by atoms with Crippen molar-refractivity contribution >= 4 is 39.1 Å². The van der Waals surface area contributed by atoms with Gasteiger partial charge in [-0.15, -0.1) is 0 Å². The van der Waals surface area contributed by atoms with Crippen molar-refractivity contribution in [1.82, 2.24) is 10.9 Å². The van der Waals surface area contributed by atoms with Gasteiger partial charge in [-0.05, 0) is 54.8 Å². The van der Waals surface area contributed by atoms with Crippen LogP contribution in [0.15, 0.2) is 42.5 Å². The highest BCUT2D eigenvalue weighted by molar-refractivity contribution is 7.92. The van der Waals surface area contributed by atoms with Crippen LogP contribution in [-0.2, 0) is 27.7 Å². The van der Waals surface area contributed by atoms with Gasteiger partial charge >= 0.3 is 0 Å². The van der Waals surface area contributed by atoms with E-state index >= 15 is 0 Å². The van der Waals surface area contributed by atoms with E-state index in [0.29, 0.717) is 22.7 Å². The fourth-order valence-corrected chi connectivity index (χ4v) is 4.67. The number of carbonyl (C=O) groups excluding carboxylic acids is 2. The molecule has 0 bridgehead atoms. The van der Waals surface area contributed by atoms with Crippen molar-refractivity contribution in [3.63, 3.8) is 0 Å². The Morgan fingerprint density at radius 1 is 1.14 bits per heavy atom. The second-order valence-electron chi connectivity index (χ2n) is 6.76. The van der Waals surface area contributed by atoms with Crippen LogP contribution >= 0.6 is 11.6 Å². The summed E-state index contributed by atoms with van der Waals surface area (Å²) in [6.07, 6.45) is 1.78. The predicted molar refractivity (Wildman–Crippen MR) is 108 cm³/mol. The molecule has 1 heterocycles. The molecule has 0 fully saturated rings. The molecule has 0 saturated heterocycles. The molecule has 2 aromatic carbocycles. The molecule has 2 amide bonds. The smallest absolute Gasteiger partial charge is 0.269 e. The lowest BCUT2D eigenvalue weighted by Crippen LogP contribution is -2.42. The Balaban J connectivity index is 1.63. The maximum absolute atomic E-state index is 12.3.